The highest BCUT2D eigenvalue weighted by atomic mass is 35.5. The van der Waals surface area contributed by atoms with Gasteiger partial charge in [-0.1, -0.05) is 0 Å². The van der Waals surface area contributed by atoms with Crippen LogP contribution in [0.15, 0.2) is 0 Å². The number of nitrogens with zero attached hydrogens (tertiary/aromatic N) is 1. The van der Waals surface area contributed by atoms with E-state index in [9.17, 15) is 9.18 Å². The number of alkyl halides is 2. The highest BCUT2D eigenvalue weighted by molar-refractivity contribution is 6.21. The maximum absolute atomic E-state index is 13.6. The summed E-state index contributed by atoms with van der Waals surface area (Å²) in [5, 5.41) is 0. The van der Waals surface area contributed by atoms with Gasteiger partial charge in [0.2, 0.25) is 5.91 Å². The Morgan fingerprint density at radius 3 is 2.76 bits per heavy atom. The summed E-state index contributed by atoms with van der Waals surface area (Å²) in [5.74, 6) is -0.949. The molecule has 17 heavy (non-hydrogen) atoms. The molecule has 100 valence electrons. The zero-order valence-corrected chi connectivity index (χ0v) is 10.6. The average molecular weight is 268 g/mol. The molecule has 0 aromatic carbocycles. The van der Waals surface area contributed by atoms with E-state index < -0.39 is 23.7 Å². The number of hydrogen-bond acceptors (Lipinski definition) is 4. The first kappa shape index (κ1) is 14.6. The third kappa shape index (κ3) is 3.51. The van der Waals surface area contributed by atoms with Crippen molar-refractivity contribution in [3.05, 3.63) is 0 Å². The first-order chi connectivity index (χ1) is 8.01. The van der Waals surface area contributed by atoms with E-state index in [0.29, 0.717) is 13.0 Å². The quantitative estimate of drug-likeness (QED) is 0.540. The SMILES string of the molecule is CO[C@H]1CCN(C(=O)C(CN)C(N)Cl)C[C@H]1F. The van der Waals surface area contributed by atoms with E-state index in [-0.39, 0.29) is 19.0 Å². The molecule has 1 rings (SSSR count). The average Bonchev–Trinajstić information content (AvgIpc) is 2.29. The lowest BCUT2D eigenvalue weighted by atomic mass is 10.0. The predicted octanol–water partition coefficient (Wildman–Crippen LogP) is -0.330. The highest BCUT2D eigenvalue weighted by Gasteiger charge is 2.35. The van der Waals surface area contributed by atoms with E-state index >= 15 is 0 Å². The van der Waals surface area contributed by atoms with Gasteiger partial charge in [0, 0.05) is 20.2 Å². The highest BCUT2D eigenvalue weighted by Crippen LogP contribution is 2.19. The van der Waals surface area contributed by atoms with E-state index in [1.807, 2.05) is 0 Å². The van der Waals surface area contributed by atoms with Crippen molar-refractivity contribution in [2.45, 2.75) is 24.2 Å². The fourth-order valence-electron chi connectivity index (χ4n) is 1.95. The van der Waals surface area contributed by atoms with E-state index in [2.05, 4.69) is 0 Å². The third-order valence-corrected chi connectivity index (χ3v) is 3.36. The van der Waals surface area contributed by atoms with Crippen LogP contribution >= 0.6 is 11.6 Å². The van der Waals surface area contributed by atoms with Crippen LogP contribution in [0.2, 0.25) is 0 Å². The summed E-state index contributed by atoms with van der Waals surface area (Å²) >= 11 is 5.68. The number of rotatable bonds is 4. The Hall–Kier alpha value is -0.430. The van der Waals surface area contributed by atoms with Crippen molar-refractivity contribution in [2.24, 2.45) is 17.4 Å². The Labute approximate surface area is 105 Å². The minimum absolute atomic E-state index is 0.0114. The second-order valence-electron chi connectivity index (χ2n) is 4.15. The van der Waals surface area contributed by atoms with Gasteiger partial charge in [0.1, 0.15) is 6.17 Å². The van der Waals surface area contributed by atoms with Gasteiger partial charge >= 0.3 is 0 Å². The summed E-state index contributed by atoms with van der Waals surface area (Å²) in [6.07, 6.45) is -1.15. The number of hydrogen-bond donors (Lipinski definition) is 2. The number of ether oxygens (including phenoxy) is 1. The van der Waals surface area contributed by atoms with Gasteiger partial charge in [-0.15, -0.1) is 11.6 Å². The Kier molecular flexibility index (Phi) is 5.58. The van der Waals surface area contributed by atoms with Crippen LogP contribution in [0.25, 0.3) is 0 Å². The Morgan fingerprint density at radius 1 is 1.71 bits per heavy atom. The molecule has 0 bridgehead atoms. The lowest BCUT2D eigenvalue weighted by molar-refractivity contribution is -0.140. The molecule has 1 saturated heterocycles. The van der Waals surface area contributed by atoms with Crippen LogP contribution in [0.3, 0.4) is 0 Å². The molecule has 1 amide bonds. The molecule has 1 aliphatic rings. The van der Waals surface area contributed by atoms with Gasteiger partial charge in [0.05, 0.1) is 24.1 Å². The predicted molar refractivity (Wildman–Crippen MR) is 63.3 cm³/mol. The number of nitrogens with two attached hydrogens (primary N) is 2. The molecule has 0 aromatic heterocycles. The molecule has 0 radical (unpaired) electrons. The van der Waals surface area contributed by atoms with E-state index in [0.717, 1.165) is 0 Å². The molecule has 5 nitrogen and oxygen atoms in total. The van der Waals surface area contributed by atoms with Crippen LogP contribution in [-0.2, 0) is 9.53 Å². The van der Waals surface area contributed by atoms with Gasteiger partial charge in [0.25, 0.3) is 0 Å². The molecule has 1 aliphatic heterocycles. The van der Waals surface area contributed by atoms with Gasteiger partial charge in [-0.3, -0.25) is 4.79 Å². The molecular weight excluding hydrogens is 249 g/mol. The first-order valence-corrected chi connectivity index (χ1v) is 6.00. The van der Waals surface area contributed by atoms with E-state index in [4.69, 9.17) is 27.8 Å². The summed E-state index contributed by atoms with van der Waals surface area (Å²) in [6.45, 7) is 0.514. The van der Waals surface area contributed by atoms with Crippen LogP contribution in [-0.4, -0.2) is 55.3 Å². The summed E-state index contributed by atoms with van der Waals surface area (Å²) in [7, 11) is 1.46. The van der Waals surface area contributed by atoms with Gasteiger partial charge in [-0.25, -0.2) is 4.39 Å². The molecule has 7 heteroatoms. The smallest absolute Gasteiger partial charge is 0.229 e. The van der Waals surface area contributed by atoms with Crippen molar-refractivity contribution in [3.8, 4) is 0 Å². The van der Waals surface area contributed by atoms with Gasteiger partial charge < -0.3 is 21.1 Å². The summed E-state index contributed by atoms with van der Waals surface area (Å²) in [5.41, 5.74) is 10.1. The second kappa shape index (κ2) is 6.49. The van der Waals surface area contributed by atoms with Crippen molar-refractivity contribution in [1.82, 2.24) is 4.90 Å². The molecule has 2 unspecified atom stereocenters. The maximum Gasteiger partial charge on any atom is 0.229 e. The fraction of sp³-hybridized carbons (Fsp3) is 0.900. The monoisotopic (exact) mass is 267 g/mol. The molecule has 0 aromatic rings. The second-order valence-corrected chi connectivity index (χ2v) is 4.65. The number of piperidine rings is 1. The maximum atomic E-state index is 13.6. The minimum Gasteiger partial charge on any atom is -0.378 e. The Balaban J connectivity index is 2.60. The van der Waals surface area contributed by atoms with E-state index in [1.165, 1.54) is 12.0 Å². The van der Waals surface area contributed by atoms with Crippen molar-refractivity contribution < 1.29 is 13.9 Å². The number of carbonyl (C=O) groups is 1. The molecule has 1 heterocycles. The standard InChI is InChI=1S/C10H19ClFN3O2/c1-17-8-2-3-15(5-7(8)12)10(16)6(4-13)9(11)14/h6-9H,2-5,13-14H2,1H3/t6?,7-,8+,9?/m1/s1. The molecule has 4 N–H and O–H groups in total. The topological polar surface area (TPSA) is 81.6 Å². The van der Waals surface area contributed by atoms with Crippen LogP contribution in [0.4, 0.5) is 4.39 Å². The Morgan fingerprint density at radius 2 is 2.35 bits per heavy atom. The van der Waals surface area contributed by atoms with Crippen molar-refractivity contribution in [3.63, 3.8) is 0 Å². The first-order valence-electron chi connectivity index (χ1n) is 5.56. The lowest BCUT2D eigenvalue weighted by Gasteiger charge is -2.36. The van der Waals surface area contributed by atoms with Crippen molar-refractivity contribution in [2.75, 3.05) is 26.7 Å². The van der Waals surface area contributed by atoms with Crippen LogP contribution in [0.1, 0.15) is 6.42 Å². The minimum atomic E-state index is -1.18. The third-order valence-electron chi connectivity index (χ3n) is 3.05. The number of halogens is 2. The zero-order chi connectivity index (χ0) is 13.0. The van der Waals surface area contributed by atoms with Crippen molar-refractivity contribution in [1.29, 1.82) is 0 Å². The summed E-state index contributed by atoms with van der Waals surface area (Å²) in [4.78, 5) is 13.4. The Bertz CT molecular complexity index is 268. The fourth-order valence-corrected chi connectivity index (χ4v) is 2.16. The lowest BCUT2D eigenvalue weighted by Crippen LogP contribution is -2.52. The molecule has 4 atom stereocenters. The number of likely N-dealkylation sites (tertiary alicyclic amines) is 1. The molecule has 0 spiro atoms. The van der Waals surface area contributed by atoms with Crippen LogP contribution < -0.4 is 11.5 Å². The zero-order valence-electron chi connectivity index (χ0n) is 9.81. The number of carbonyl (C=O) groups excluding carboxylic acids is 1. The van der Waals surface area contributed by atoms with Crippen LogP contribution in [0.5, 0.6) is 0 Å². The molecule has 1 fully saturated rings. The van der Waals surface area contributed by atoms with Crippen LogP contribution in [0, 0.1) is 5.92 Å². The summed E-state index contributed by atoms with van der Waals surface area (Å²) in [6, 6.07) is 0. The van der Waals surface area contributed by atoms with Crippen molar-refractivity contribution >= 4 is 17.5 Å². The number of methoxy groups -OCH3 is 1. The van der Waals surface area contributed by atoms with Gasteiger partial charge in [-0.05, 0) is 6.42 Å². The summed E-state index contributed by atoms with van der Waals surface area (Å²) < 4.78 is 18.6. The van der Waals surface area contributed by atoms with E-state index in [1.54, 1.807) is 0 Å². The largest absolute Gasteiger partial charge is 0.378 e. The molecule has 0 aliphatic carbocycles. The molecular formula is C10H19ClFN3O2. The van der Waals surface area contributed by atoms with Gasteiger partial charge in [-0.2, -0.15) is 0 Å². The number of amides is 1. The molecule has 0 saturated carbocycles. The van der Waals surface area contributed by atoms with Gasteiger partial charge in [0.15, 0.2) is 0 Å². The normalized spacial score (nSPS) is 28.9.